The van der Waals surface area contributed by atoms with Crippen molar-refractivity contribution in [2.24, 2.45) is 0 Å². The van der Waals surface area contributed by atoms with E-state index in [0.29, 0.717) is 27.2 Å². The predicted molar refractivity (Wildman–Crippen MR) is 83.1 cm³/mol. The van der Waals surface area contributed by atoms with Gasteiger partial charge in [0.2, 0.25) is 0 Å². The number of nitrogens with one attached hydrogen (secondary N) is 1. The number of aromatic amines is 1. The van der Waals surface area contributed by atoms with E-state index >= 15 is 0 Å². The van der Waals surface area contributed by atoms with Gasteiger partial charge in [0.05, 0.1) is 18.2 Å². The summed E-state index contributed by atoms with van der Waals surface area (Å²) in [5, 5.41) is 18.9. The van der Waals surface area contributed by atoms with Crippen LogP contribution in [0.5, 0.6) is 11.5 Å². The van der Waals surface area contributed by atoms with Crippen LogP contribution in [0.25, 0.3) is 11.3 Å². The molecular formula is C14H13BrN4O4. The van der Waals surface area contributed by atoms with E-state index in [1.165, 1.54) is 7.11 Å². The number of hydrogen-bond acceptors (Lipinski definition) is 7. The zero-order valence-corrected chi connectivity index (χ0v) is 14.0. The van der Waals surface area contributed by atoms with Crippen molar-refractivity contribution in [2.75, 3.05) is 20.3 Å². The minimum absolute atomic E-state index is 0.0755. The average molecular weight is 381 g/mol. The van der Waals surface area contributed by atoms with Gasteiger partial charge in [-0.3, -0.25) is 0 Å². The van der Waals surface area contributed by atoms with Crippen molar-refractivity contribution in [3.63, 3.8) is 0 Å². The molecule has 9 heteroatoms. The number of carbonyl (C=O) groups is 1. The van der Waals surface area contributed by atoms with Crippen LogP contribution in [-0.2, 0) is 4.74 Å². The Balaban J connectivity index is 2.46. The molecule has 0 saturated heterocycles. The first-order valence-electron chi connectivity index (χ1n) is 6.57. The number of rotatable bonds is 6. The number of nitriles is 1. The van der Waals surface area contributed by atoms with Crippen molar-refractivity contribution in [1.82, 2.24) is 15.4 Å². The minimum Gasteiger partial charge on any atom is -0.493 e. The fourth-order valence-electron chi connectivity index (χ4n) is 1.88. The van der Waals surface area contributed by atoms with E-state index in [-0.39, 0.29) is 18.9 Å². The van der Waals surface area contributed by atoms with E-state index in [0.717, 1.165) is 0 Å². The molecule has 0 saturated carbocycles. The molecule has 0 aliphatic carbocycles. The Hall–Kier alpha value is -2.60. The number of methoxy groups -OCH3 is 1. The van der Waals surface area contributed by atoms with Crippen LogP contribution in [0.1, 0.15) is 17.4 Å². The fourth-order valence-corrected chi connectivity index (χ4v) is 2.43. The number of ether oxygens (including phenoxy) is 3. The third-order valence-corrected chi connectivity index (χ3v) is 3.39. The number of hydrogen-bond donors (Lipinski definition) is 1. The summed E-state index contributed by atoms with van der Waals surface area (Å²) in [5.74, 6) is 0.206. The van der Waals surface area contributed by atoms with Crippen LogP contribution < -0.4 is 9.47 Å². The number of benzene rings is 1. The lowest BCUT2D eigenvalue weighted by molar-refractivity contribution is 0.0520. The molecule has 0 atom stereocenters. The molecule has 1 heterocycles. The van der Waals surface area contributed by atoms with Gasteiger partial charge >= 0.3 is 5.97 Å². The van der Waals surface area contributed by atoms with Gasteiger partial charge in [-0.25, -0.2) is 4.79 Å². The Morgan fingerprint density at radius 3 is 2.87 bits per heavy atom. The van der Waals surface area contributed by atoms with Crippen LogP contribution in [0, 0.1) is 11.3 Å². The van der Waals surface area contributed by atoms with Crippen molar-refractivity contribution >= 4 is 21.9 Å². The summed E-state index contributed by atoms with van der Waals surface area (Å²) in [4.78, 5) is 11.9. The Bertz CT molecular complexity index is 754. The van der Waals surface area contributed by atoms with E-state index in [4.69, 9.17) is 19.5 Å². The lowest BCUT2D eigenvalue weighted by atomic mass is 10.1. The number of H-pyrrole nitrogens is 1. The molecule has 0 amide bonds. The molecule has 2 aromatic rings. The lowest BCUT2D eigenvalue weighted by Crippen LogP contribution is -2.07. The van der Waals surface area contributed by atoms with Crippen molar-refractivity contribution in [1.29, 1.82) is 5.26 Å². The van der Waals surface area contributed by atoms with E-state index in [9.17, 15) is 4.79 Å². The molecule has 0 radical (unpaired) electrons. The standard InChI is InChI=1S/C14H13BrN4O4/c1-3-22-14(20)12-11(17-19-18-12)8-6-9(15)13(23-5-4-16)10(7-8)21-2/h6-7H,3,5H2,1-2H3,(H,17,18,19). The topological polar surface area (TPSA) is 110 Å². The Morgan fingerprint density at radius 1 is 1.43 bits per heavy atom. The second-order valence-corrected chi connectivity index (χ2v) is 5.03. The number of carbonyl (C=O) groups excluding carboxylic acids is 1. The maximum atomic E-state index is 11.9. The molecular weight excluding hydrogens is 368 g/mol. The molecule has 0 fully saturated rings. The van der Waals surface area contributed by atoms with Crippen LogP contribution >= 0.6 is 15.9 Å². The summed E-state index contributed by atoms with van der Waals surface area (Å²) in [7, 11) is 1.47. The lowest BCUT2D eigenvalue weighted by Gasteiger charge is -2.12. The van der Waals surface area contributed by atoms with Crippen molar-refractivity contribution in [3.8, 4) is 28.8 Å². The Labute approximate surface area is 140 Å². The highest BCUT2D eigenvalue weighted by molar-refractivity contribution is 9.10. The molecule has 0 bridgehead atoms. The molecule has 1 N–H and O–H groups in total. The molecule has 120 valence electrons. The first kappa shape index (κ1) is 16.8. The normalized spacial score (nSPS) is 10.0. The first-order chi connectivity index (χ1) is 11.1. The maximum absolute atomic E-state index is 11.9. The van der Waals surface area contributed by atoms with Gasteiger partial charge in [0.15, 0.2) is 23.8 Å². The minimum atomic E-state index is -0.573. The van der Waals surface area contributed by atoms with Gasteiger partial charge in [0.25, 0.3) is 0 Å². The number of esters is 1. The van der Waals surface area contributed by atoms with Crippen molar-refractivity contribution in [2.45, 2.75) is 6.92 Å². The van der Waals surface area contributed by atoms with Crippen LogP contribution in [0.15, 0.2) is 16.6 Å². The molecule has 0 spiro atoms. The summed E-state index contributed by atoms with van der Waals surface area (Å²) in [5.41, 5.74) is 0.982. The summed E-state index contributed by atoms with van der Waals surface area (Å²) in [6.07, 6.45) is 0. The van der Waals surface area contributed by atoms with Gasteiger partial charge in [-0.05, 0) is 35.0 Å². The molecule has 8 nitrogen and oxygen atoms in total. The largest absolute Gasteiger partial charge is 0.493 e. The molecule has 0 aliphatic rings. The van der Waals surface area contributed by atoms with E-state index < -0.39 is 5.97 Å². The van der Waals surface area contributed by atoms with Gasteiger partial charge in [-0.1, -0.05) is 0 Å². The smallest absolute Gasteiger partial charge is 0.361 e. The zero-order chi connectivity index (χ0) is 16.8. The second kappa shape index (κ2) is 7.60. The number of nitrogens with zero attached hydrogens (tertiary/aromatic N) is 3. The molecule has 0 aliphatic heterocycles. The summed E-state index contributed by atoms with van der Waals surface area (Å²) < 4.78 is 16.1. The Morgan fingerprint density at radius 2 is 2.22 bits per heavy atom. The van der Waals surface area contributed by atoms with Gasteiger partial charge in [0, 0.05) is 5.56 Å². The van der Waals surface area contributed by atoms with Gasteiger partial charge in [-0.2, -0.15) is 15.6 Å². The quantitative estimate of drug-likeness (QED) is 0.765. The van der Waals surface area contributed by atoms with Gasteiger partial charge in [0.1, 0.15) is 11.8 Å². The fraction of sp³-hybridized carbons (Fsp3) is 0.286. The van der Waals surface area contributed by atoms with Gasteiger partial charge < -0.3 is 14.2 Å². The third kappa shape index (κ3) is 3.60. The van der Waals surface area contributed by atoms with Gasteiger partial charge in [-0.15, -0.1) is 5.10 Å². The van der Waals surface area contributed by atoms with Crippen LogP contribution in [0.2, 0.25) is 0 Å². The highest BCUT2D eigenvalue weighted by atomic mass is 79.9. The van der Waals surface area contributed by atoms with Crippen LogP contribution in [-0.4, -0.2) is 41.7 Å². The van der Waals surface area contributed by atoms with E-state index in [1.54, 1.807) is 19.1 Å². The first-order valence-corrected chi connectivity index (χ1v) is 7.37. The number of halogens is 1. The molecule has 23 heavy (non-hydrogen) atoms. The monoisotopic (exact) mass is 380 g/mol. The summed E-state index contributed by atoms with van der Waals surface area (Å²) in [6.45, 7) is 1.82. The molecule has 2 rings (SSSR count). The Kier molecular flexibility index (Phi) is 5.54. The van der Waals surface area contributed by atoms with Crippen LogP contribution in [0.4, 0.5) is 0 Å². The highest BCUT2D eigenvalue weighted by Gasteiger charge is 2.21. The van der Waals surface area contributed by atoms with E-state index in [2.05, 4.69) is 31.3 Å². The predicted octanol–water partition coefficient (Wildman–Crippen LogP) is 2.32. The van der Waals surface area contributed by atoms with E-state index in [1.807, 2.05) is 6.07 Å². The summed E-state index contributed by atoms with van der Waals surface area (Å²) >= 11 is 3.36. The molecule has 0 unspecified atom stereocenters. The van der Waals surface area contributed by atoms with Crippen LogP contribution in [0.3, 0.4) is 0 Å². The maximum Gasteiger partial charge on any atom is 0.361 e. The number of aromatic nitrogens is 3. The van der Waals surface area contributed by atoms with Crippen molar-refractivity contribution < 1.29 is 19.0 Å². The third-order valence-electron chi connectivity index (χ3n) is 2.80. The second-order valence-electron chi connectivity index (χ2n) is 4.18. The molecule has 1 aromatic heterocycles. The molecule has 1 aromatic carbocycles. The summed E-state index contributed by atoms with van der Waals surface area (Å²) in [6, 6.07) is 5.22. The zero-order valence-electron chi connectivity index (χ0n) is 12.4. The average Bonchev–Trinajstić information content (AvgIpc) is 3.03. The highest BCUT2D eigenvalue weighted by Crippen LogP contribution is 2.39. The van der Waals surface area contributed by atoms with Crippen molar-refractivity contribution in [3.05, 3.63) is 22.3 Å². The SMILES string of the molecule is CCOC(=O)c1n[nH]nc1-c1cc(Br)c(OCC#N)c(OC)c1.